The minimum Gasteiger partial charge on any atom is -0.465 e. The Morgan fingerprint density at radius 1 is 1.18 bits per heavy atom. The summed E-state index contributed by atoms with van der Waals surface area (Å²) in [5, 5.41) is 0.521. The van der Waals surface area contributed by atoms with Crippen LogP contribution in [0.25, 0.3) is 10.2 Å². The van der Waals surface area contributed by atoms with Crippen LogP contribution in [0.1, 0.15) is 31.1 Å². The largest absolute Gasteiger partial charge is 0.465 e. The molecular weight excluding hydrogens is 486 g/mol. The summed E-state index contributed by atoms with van der Waals surface area (Å²) in [6.07, 6.45) is 0. The van der Waals surface area contributed by atoms with Crippen LogP contribution in [0.3, 0.4) is 0 Å². The first-order chi connectivity index (χ1) is 15.5. The Bertz CT molecular complexity index is 1360. The van der Waals surface area contributed by atoms with Gasteiger partial charge in [-0.15, -0.1) is 0 Å². The SMILES string of the molecule is CCOC(=O)Cn1c(=NC(=O)c2ccc(S(=O)(=O)N(C)C(C)C)cc2)sc2cc(Cl)ccc21. The van der Waals surface area contributed by atoms with E-state index in [1.54, 1.807) is 43.5 Å². The molecule has 0 saturated carbocycles. The molecule has 0 spiro atoms. The number of hydrogen-bond acceptors (Lipinski definition) is 6. The molecule has 0 aliphatic carbocycles. The number of rotatable bonds is 7. The van der Waals surface area contributed by atoms with Crippen molar-refractivity contribution in [1.29, 1.82) is 0 Å². The Balaban J connectivity index is 2.00. The molecule has 2 aromatic carbocycles. The van der Waals surface area contributed by atoms with E-state index in [1.807, 2.05) is 0 Å². The van der Waals surface area contributed by atoms with Crippen LogP contribution in [-0.2, 0) is 26.1 Å². The van der Waals surface area contributed by atoms with Crippen LogP contribution >= 0.6 is 22.9 Å². The predicted octanol–water partition coefficient (Wildman–Crippen LogP) is 3.69. The Kier molecular flexibility index (Phi) is 7.73. The van der Waals surface area contributed by atoms with Gasteiger partial charge in [0, 0.05) is 23.7 Å². The molecule has 176 valence electrons. The zero-order valence-corrected chi connectivity index (χ0v) is 21.0. The molecule has 0 radical (unpaired) electrons. The van der Waals surface area contributed by atoms with E-state index in [0.29, 0.717) is 15.3 Å². The van der Waals surface area contributed by atoms with Crippen LogP contribution < -0.4 is 4.80 Å². The van der Waals surface area contributed by atoms with Crippen LogP contribution in [0, 0.1) is 0 Å². The Hall–Kier alpha value is -2.53. The number of ether oxygens (including phenoxy) is 1. The maximum absolute atomic E-state index is 12.8. The number of amides is 1. The molecule has 0 fully saturated rings. The van der Waals surface area contributed by atoms with Crippen molar-refractivity contribution < 1.29 is 22.7 Å². The number of esters is 1. The normalized spacial score (nSPS) is 12.6. The molecule has 33 heavy (non-hydrogen) atoms. The predicted molar refractivity (Wildman–Crippen MR) is 128 cm³/mol. The number of fused-ring (bicyclic) bond motifs is 1. The van der Waals surface area contributed by atoms with E-state index in [2.05, 4.69) is 4.99 Å². The van der Waals surface area contributed by atoms with Gasteiger partial charge in [-0.2, -0.15) is 9.30 Å². The zero-order chi connectivity index (χ0) is 24.3. The van der Waals surface area contributed by atoms with Crippen molar-refractivity contribution in [1.82, 2.24) is 8.87 Å². The molecule has 1 aromatic heterocycles. The fourth-order valence-electron chi connectivity index (χ4n) is 2.99. The summed E-state index contributed by atoms with van der Waals surface area (Å²) in [5.41, 5.74) is 0.918. The molecule has 1 heterocycles. The summed E-state index contributed by atoms with van der Waals surface area (Å²) in [6.45, 7) is 5.39. The first-order valence-corrected chi connectivity index (χ1v) is 12.8. The topological polar surface area (TPSA) is 98.0 Å². The van der Waals surface area contributed by atoms with E-state index < -0.39 is 21.9 Å². The molecule has 0 bridgehead atoms. The summed E-state index contributed by atoms with van der Waals surface area (Å²) in [7, 11) is -2.16. The van der Waals surface area contributed by atoms with Crippen molar-refractivity contribution in [2.45, 2.75) is 38.3 Å². The minimum absolute atomic E-state index is 0.0872. The average Bonchev–Trinajstić information content (AvgIpc) is 3.08. The van der Waals surface area contributed by atoms with Gasteiger partial charge in [-0.05, 0) is 63.2 Å². The second-order valence-electron chi connectivity index (χ2n) is 7.44. The van der Waals surface area contributed by atoms with Crippen molar-refractivity contribution in [2.75, 3.05) is 13.7 Å². The molecular formula is C22H24ClN3O5S2. The standard InChI is InChI=1S/C22H24ClN3O5S2/c1-5-31-20(27)13-26-18-11-8-16(23)12-19(18)32-22(26)24-21(28)15-6-9-17(10-7-15)33(29,30)25(4)14(2)3/h6-12,14H,5,13H2,1-4H3. The molecule has 3 aromatic rings. The molecule has 0 atom stereocenters. The monoisotopic (exact) mass is 509 g/mol. The summed E-state index contributed by atoms with van der Waals surface area (Å²) >= 11 is 7.30. The van der Waals surface area contributed by atoms with Gasteiger partial charge in [-0.25, -0.2) is 8.42 Å². The van der Waals surface area contributed by atoms with Gasteiger partial charge < -0.3 is 9.30 Å². The lowest BCUT2D eigenvalue weighted by Gasteiger charge is -2.20. The molecule has 0 saturated heterocycles. The molecule has 3 rings (SSSR count). The quantitative estimate of drug-likeness (QED) is 0.452. The number of benzene rings is 2. The lowest BCUT2D eigenvalue weighted by molar-refractivity contribution is -0.143. The van der Waals surface area contributed by atoms with E-state index in [9.17, 15) is 18.0 Å². The molecule has 0 aliphatic rings. The number of halogens is 1. The van der Waals surface area contributed by atoms with Crippen molar-refractivity contribution in [3.63, 3.8) is 0 Å². The summed E-state index contributed by atoms with van der Waals surface area (Å²) in [5.74, 6) is -1.02. The van der Waals surface area contributed by atoms with E-state index in [0.717, 1.165) is 4.70 Å². The van der Waals surface area contributed by atoms with Crippen molar-refractivity contribution in [3.8, 4) is 0 Å². The highest BCUT2D eigenvalue weighted by molar-refractivity contribution is 7.89. The van der Waals surface area contributed by atoms with Crippen LogP contribution in [-0.4, -0.2) is 48.9 Å². The second kappa shape index (κ2) is 10.2. The number of carbonyl (C=O) groups excluding carboxylic acids is 2. The van der Waals surface area contributed by atoms with Gasteiger partial charge in [0.15, 0.2) is 4.80 Å². The second-order valence-corrected chi connectivity index (χ2v) is 10.9. The van der Waals surface area contributed by atoms with Crippen molar-refractivity contribution in [3.05, 3.63) is 57.9 Å². The van der Waals surface area contributed by atoms with Crippen LogP contribution in [0.4, 0.5) is 0 Å². The maximum atomic E-state index is 12.8. The number of carbonyl (C=O) groups is 2. The van der Waals surface area contributed by atoms with Crippen LogP contribution in [0.2, 0.25) is 5.02 Å². The minimum atomic E-state index is -3.66. The Morgan fingerprint density at radius 2 is 1.85 bits per heavy atom. The Morgan fingerprint density at radius 3 is 2.45 bits per heavy atom. The van der Waals surface area contributed by atoms with Crippen LogP contribution in [0.15, 0.2) is 52.4 Å². The van der Waals surface area contributed by atoms with Gasteiger partial charge in [0.25, 0.3) is 5.91 Å². The zero-order valence-electron chi connectivity index (χ0n) is 18.6. The highest BCUT2D eigenvalue weighted by Crippen LogP contribution is 2.22. The Labute approximate surface area is 201 Å². The average molecular weight is 510 g/mol. The number of hydrogen-bond donors (Lipinski definition) is 0. The van der Waals surface area contributed by atoms with Gasteiger partial charge in [-0.1, -0.05) is 22.9 Å². The van der Waals surface area contributed by atoms with E-state index in [1.165, 1.54) is 47.0 Å². The van der Waals surface area contributed by atoms with E-state index in [-0.39, 0.29) is 29.7 Å². The maximum Gasteiger partial charge on any atom is 0.326 e. The third-order valence-electron chi connectivity index (χ3n) is 4.94. The highest BCUT2D eigenvalue weighted by Gasteiger charge is 2.23. The fourth-order valence-corrected chi connectivity index (χ4v) is 5.66. The first kappa shape index (κ1) is 25.1. The summed E-state index contributed by atoms with van der Waals surface area (Å²) < 4.78 is 33.9. The molecule has 1 amide bonds. The number of thiazole rings is 1. The lowest BCUT2D eigenvalue weighted by atomic mass is 10.2. The fraction of sp³-hybridized carbons (Fsp3) is 0.318. The molecule has 0 aliphatic heterocycles. The van der Waals surface area contributed by atoms with Crippen molar-refractivity contribution in [2.24, 2.45) is 4.99 Å². The molecule has 8 nitrogen and oxygen atoms in total. The smallest absolute Gasteiger partial charge is 0.326 e. The number of sulfonamides is 1. The van der Waals surface area contributed by atoms with Gasteiger partial charge in [-0.3, -0.25) is 9.59 Å². The third-order valence-corrected chi connectivity index (χ3v) is 8.26. The van der Waals surface area contributed by atoms with Gasteiger partial charge in [0.05, 0.1) is 21.7 Å². The number of aromatic nitrogens is 1. The van der Waals surface area contributed by atoms with E-state index in [4.69, 9.17) is 16.3 Å². The molecule has 11 heteroatoms. The first-order valence-electron chi connectivity index (χ1n) is 10.2. The van der Waals surface area contributed by atoms with Crippen molar-refractivity contribution >= 4 is 55.1 Å². The lowest BCUT2D eigenvalue weighted by Crippen LogP contribution is -2.33. The summed E-state index contributed by atoms with van der Waals surface area (Å²) in [4.78, 5) is 29.6. The van der Waals surface area contributed by atoms with Gasteiger partial charge >= 0.3 is 5.97 Å². The van der Waals surface area contributed by atoms with Gasteiger partial charge in [0.1, 0.15) is 6.54 Å². The highest BCUT2D eigenvalue weighted by atomic mass is 35.5. The molecule has 0 N–H and O–H groups in total. The van der Waals surface area contributed by atoms with E-state index >= 15 is 0 Å². The van der Waals surface area contributed by atoms with Gasteiger partial charge in [0.2, 0.25) is 10.0 Å². The molecule has 0 unspecified atom stereocenters. The summed E-state index contributed by atoms with van der Waals surface area (Å²) in [6, 6.07) is 10.6. The van der Waals surface area contributed by atoms with Crippen LogP contribution in [0.5, 0.6) is 0 Å². The third kappa shape index (κ3) is 5.52. The number of nitrogens with zero attached hydrogens (tertiary/aromatic N) is 3.